The molecular weight excluding hydrogens is 260 g/mol. The number of fused-ring (bicyclic) bond motifs is 1. The summed E-state index contributed by atoms with van der Waals surface area (Å²) in [5, 5.41) is 0. The van der Waals surface area contributed by atoms with Crippen molar-refractivity contribution in [3.05, 3.63) is 59.5 Å². The molecule has 3 aromatic heterocycles. The number of hydrogen-bond acceptors (Lipinski definition) is 2. The maximum absolute atomic E-state index is 11.9. The summed E-state index contributed by atoms with van der Waals surface area (Å²) >= 11 is 0. The highest BCUT2D eigenvalue weighted by molar-refractivity contribution is 5.98. The molecule has 0 N–H and O–H groups in total. The minimum atomic E-state index is 0.166. The summed E-state index contributed by atoms with van der Waals surface area (Å²) < 4.78 is 2.06. The highest BCUT2D eigenvalue weighted by Crippen LogP contribution is 2.29. The average molecular weight is 278 g/mol. The quantitative estimate of drug-likeness (QED) is 0.672. The van der Waals surface area contributed by atoms with Gasteiger partial charge in [0.1, 0.15) is 0 Å². The van der Waals surface area contributed by atoms with Crippen LogP contribution in [0.4, 0.5) is 0 Å². The van der Waals surface area contributed by atoms with Gasteiger partial charge in [-0.1, -0.05) is 6.92 Å². The Bertz CT molecular complexity index is 830. The Morgan fingerprint density at radius 3 is 2.76 bits per heavy atom. The number of carbonyl (C=O) groups excluding carboxylic acids is 1. The summed E-state index contributed by atoms with van der Waals surface area (Å²) in [6, 6.07) is 7.92. The first-order valence-electron chi connectivity index (χ1n) is 7.17. The van der Waals surface area contributed by atoms with Crippen LogP contribution in [0, 0.1) is 13.8 Å². The van der Waals surface area contributed by atoms with Gasteiger partial charge in [0.2, 0.25) is 0 Å². The summed E-state index contributed by atoms with van der Waals surface area (Å²) in [4.78, 5) is 16.4. The summed E-state index contributed by atoms with van der Waals surface area (Å²) in [6.45, 7) is 6.03. The Hall–Kier alpha value is -2.42. The second-order valence-corrected chi connectivity index (χ2v) is 5.39. The third kappa shape index (κ3) is 2.35. The van der Waals surface area contributed by atoms with Crippen LogP contribution in [0.15, 0.2) is 42.9 Å². The monoisotopic (exact) mass is 278 g/mol. The molecule has 0 atom stereocenters. The molecule has 21 heavy (non-hydrogen) atoms. The van der Waals surface area contributed by atoms with E-state index in [0.717, 1.165) is 27.9 Å². The topological polar surface area (TPSA) is 34.4 Å². The van der Waals surface area contributed by atoms with Crippen LogP contribution in [-0.4, -0.2) is 15.2 Å². The molecule has 0 aliphatic carbocycles. The van der Waals surface area contributed by atoms with Crippen molar-refractivity contribution in [1.29, 1.82) is 0 Å². The van der Waals surface area contributed by atoms with Crippen molar-refractivity contribution in [3.8, 4) is 11.3 Å². The number of pyridine rings is 2. The predicted octanol–water partition coefficient (Wildman–Crippen LogP) is 4.21. The maximum atomic E-state index is 11.9. The maximum Gasteiger partial charge on any atom is 0.162 e. The minimum absolute atomic E-state index is 0.166. The number of carbonyl (C=O) groups is 1. The zero-order chi connectivity index (χ0) is 15.0. The van der Waals surface area contributed by atoms with Gasteiger partial charge in [0.15, 0.2) is 5.78 Å². The number of Topliss-reactive ketones (excluding diaryl/α,β-unsaturated/α-hetero) is 1. The normalized spacial score (nSPS) is 11.0. The molecule has 0 aliphatic rings. The lowest BCUT2D eigenvalue weighted by Crippen LogP contribution is -1.97. The molecule has 0 aromatic carbocycles. The lowest BCUT2D eigenvalue weighted by molar-refractivity contribution is 0.0988. The third-order valence-corrected chi connectivity index (χ3v) is 3.78. The number of aryl methyl sites for hydroxylation is 2. The summed E-state index contributed by atoms with van der Waals surface area (Å²) in [5.74, 6) is 0.166. The van der Waals surface area contributed by atoms with Gasteiger partial charge in [-0.2, -0.15) is 0 Å². The molecule has 0 saturated carbocycles. The van der Waals surface area contributed by atoms with Gasteiger partial charge in [0.25, 0.3) is 0 Å². The van der Waals surface area contributed by atoms with E-state index >= 15 is 0 Å². The van der Waals surface area contributed by atoms with Crippen LogP contribution in [0.25, 0.3) is 16.8 Å². The molecule has 3 nitrogen and oxygen atoms in total. The Morgan fingerprint density at radius 1 is 1.24 bits per heavy atom. The number of aromatic nitrogens is 2. The van der Waals surface area contributed by atoms with E-state index in [9.17, 15) is 4.79 Å². The smallest absolute Gasteiger partial charge is 0.162 e. The molecule has 3 rings (SSSR count). The number of ketones is 1. The van der Waals surface area contributed by atoms with Crippen LogP contribution in [-0.2, 0) is 0 Å². The molecule has 106 valence electrons. The number of nitrogens with zero attached hydrogens (tertiary/aromatic N) is 2. The molecule has 3 aromatic rings. The van der Waals surface area contributed by atoms with E-state index in [1.807, 2.05) is 37.5 Å². The molecular formula is C18H18N2O. The Morgan fingerprint density at radius 2 is 2.05 bits per heavy atom. The van der Waals surface area contributed by atoms with E-state index in [-0.39, 0.29) is 5.78 Å². The summed E-state index contributed by atoms with van der Waals surface area (Å²) in [5.41, 5.74) is 6.19. The lowest BCUT2D eigenvalue weighted by atomic mass is 10.0. The molecule has 0 amide bonds. The second-order valence-electron chi connectivity index (χ2n) is 5.39. The van der Waals surface area contributed by atoms with Gasteiger partial charge in [-0.25, -0.2) is 0 Å². The van der Waals surface area contributed by atoms with Crippen LogP contribution < -0.4 is 0 Å². The van der Waals surface area contributed by atoms with Crippen LogP contribution in [0.5, 0.6) is 0 Å². The number of hydrogen-bond donors (Lipinski definition) is 0. The molecule has 0 unspecified atom stereocenters. The van der Waals surface area contributed by atoms with Crippen molar-refractivity contribution >= 4 is 11.3 Å². The van der Waals surface area contributed by atoms with Gasteiger partial charge < -0.3 is 4.40 Å². The Balaban J connectivity index is 2.26. The highest BCUT2D eigenvalue weighted by Gasteiger charge is 2.13. The van der Waals surface area contributed by atoms with Crippen molar-refractivity contribution in [2.24, 2.45) is 0 Å². The molecule has 0 radical (unpaired) electrons. The highest BCUT2D eigenvalue weighted by atomic mass is 16.1. The average Bonchev–Trinajstić information content (AvgIpc) is 2.81. The fourth-order valence-corrected chi connectivity index (χ4v) is 2.68. The van der Waals surface area contributed by atoms with Crippen LogP contribution in [0.3, 0.4) is 0 Å². The molecule has 0 saturated heterocycles. The van der Waals surface area contributed by atoms with Gasteiger partial charge in [0, 0.05) is 36.1 Å². The largest absolute Gasteiger partial charge is 0.323 e. The van der Waals surface area contributed by atoms with Crippen molar-refractivity contribution in [3.63, 3.8) is 0 Å². The molecule has 0 spiro atoms. The standard InChI is InChI=1S/C18H18N2O/c1-4-17(21)14-6-8-20-11-13(3)18(16(20)10-14)15-9-12(2)5-7-19-15/h5-11H,4H2,1-3H3. The summed E-state index contributed by atoms with van der Waals surface area (Å²) in [7, 11) is 0. The van der Waals surface area contributed by atoms with Gasteiger partial charge in [-0.05, 0) is 49.2 Å². The van der Waals surface area contributed by atoms with E-state index < -0.39 is 0 Å². The first kappa shape index (κ1) is 13.6. The zero-order valence-electron chi connectivity index (χ0n) is 12.6. The van der Waals surface area contributed by atoms with Gasteiger partial charge in [-0.15, -0.1) is 0 Å². The number of rotatable bonds is 3. The Kier molecular flexibility index (Phi) is 3.34. The molecule has 3 heteroatoms. The molecule has 0 bridgehead atoms. The van der Waals surface area contributed by atoms with E-state index in [4.69, 9.17) is 0 Å². The molecule has 0 aliphatic heterocycles. The second kappa shape index (κ2) is 5.17. The Labute approximate surface area is 124 Å². The lowest BCUT2D eigenvalue weighted by Gasteiger charge is -2.05. The third-order valence-electron chi connectivity index (χ3n) is 3.78. The summed E-state index contributed by atoms with van der Waals surface area (Å²) in [6.07, 6.45) is 6.38. The molecule has 0 fully saturated rings. The minimum Gasteiger partial charge on any atom is -0.323 e. The fourth-order valence-electron chi connectivity index (χ4n) is 2.68. The van der Waals surface area contributed by atoms with Crippen molar-refractivity contribution in [2.45, 2.75) is 27.2 Å². The molecule has 3 heterocycles. The fraction of sp³-hybridized carbons (Fsp3) is 0.222. The zero-order valence-corrected chi connectivity index (χ0v) is 12.6. The van der Waals surface area contributed by atoms with Crippen LogP contribution in [0.1, 0.15) is 34.8 Å². The van der Waals surface area contributed by atoms with E-state index in [1.165, 1.54) is 5.56 Å². The van der Waals surface area contributed by atoms with Crippen molar-refractivity contribution in [1.82, 2.24) is 9.38 Å². The van der Waals surface area contributed by atoms with Gasteiger partial charge >= 0.3 is 0 Å². The SMILES string of the molecule is CCC(=O)c1ccn2cc(C)c(-c3cc(C)ccn3)c2c1. The van der Waals surface area contributed by atoms with Gasteiger partial charge in [0.05, 0.1) is 11.2 Å². The van der Waals surface area contributed by atoms with Crippen LogP contribution >= 0.6 is 0 Å². The van der Waals surface area contributed by atoms with Gasteiger partial charge in [-0.3, -0.25) is 9.78 Å². The van der Waals surface area contributed by atoms with Crippen LogP contribution in [0.2, 0.25) is 0 Å². The van der Waals surface area contributed by atoms with Crippen molar-refractivity contribution in [2.75, 3.05) is 0 Å². The first-order chi connectivity index (χ1) is 10.1. The van der Waals surface area contributed by atoms with E-state index in [0.29, 0.717) is 6.42 Å². The first-order valence-corrected chi connectivity index (χ1v) is 7.17. The predicted molar refractivity (Wildman–Crippen MR) is 84.7 cm³/mol. The van der Waals surface area contributed by atoms with E-state index in [1.54, 1.807) is 0 Å². The van der Waals surface area contributed by atoms with Crippen molar-refractivity contribution < 1.29 is 4.79 Å². The van der Waals surface area contributed by atoms with E-state index in [2.05, 4.69) is 35.5 Å².